The molecule has 12 heteroatoms. The van der Waals surface area contributed by atoms with Crippen molar-refractivity contribution in [3.8, 4) is 17.0 Å². The number of hydrogen-bond acceptors (Lipinski definition) is 7. The van der Waals surface area contributed by atoms with Crippen molar-refractivity contribution in [2.75, 3.05) is 31.3 Å². The van der Waals surface area contributed by atoms with Gasteiger partial charge >= 0.3 is 6.61 Å². The number of aromatic amines is 1. The van der Waals surface area contributed by atoms with Crippen molar-refractivity contribution >= 4 is 39.7 Å². The molecular weight excluding hydrogens is 522 g/mol. The molecule has 8 nitrogen and oxygen atoms in total. The SMILES string of the molecule is CNc1[nH]ncc1C(=O)Nc1sc(CN(C)CCc2ccccc2)nc1-c1cc(Cl)ccc1OC(F)F. The lowest BCUT2D eigenvalue weighted by Crippen LogP contribution is -2.20. The van der Waals surface area contributed by atoms with E-state index in [0.717, 1.165) is 13.0 Å². The molecule has 2 heterocycles. The van der Waals surface area contributed by atoms with Crippen molar-refractivity contribution in [2.24, 2.45) is 0 Å². The lowest BCUT2D eigenvalue weighted by molar-refractivity contribution is -0.0494. The van der Waals surface area contributed by atoms with E-state index in [4.69, 9.17) is 21.3 Å². The van der Waals surface area contributed by atoms with Crippen molar-refractivity contribution in [2.45, 2.75) is 19.6 Å². The lowest BCUT2D eigenvalue weighted by atomic mass is 10.1. The van der Waals surface area contributed by atoms with E-state index in [1.165, 1.54) is 41.3 Å². The third kappa shape index (κ3) is 6.82. The maximum atomic E-state index is 13.1. The molecule has 0 spiro atoms. The molecule has 0 atom stereocenters. The van der Waals surface area contributed by atoms with E-state index in [2.05, 4.69) is 37.9 Å². The summed E-state index contributed by atoms with van der Waals surface area (Å²) in [7, 11) is 3.63. The van der Waals surface area contributed by atoms with E-state index in [1.54, 1.807) is 7.05 Å². The van der Waals surface area contributed by atoms with E-state index in [9.17, 15) is 13.6 Å². The van der Waals surface area contributed by atoms with Gasteiger partial charge in [-0.25, -0.2) is 4.98 Å². The Bertz CT molecular complexity index is 1350. The number of aromatic nitrogens is 3. The summed E-state index contributed by atoms with van der Waals surface area (Å²) in [6.45, 7) is -1.78. The van der Waals surface area contributed by atoms with Gasteiger partial charge in [-0.15, -0.1) is 0 Å². The maximum absolute atomic E-state index is 13.1. The lowest BCUT2D eigenvalue weighted by Gasteiger charge is -2.14. The molecule has 1 amide bonds. The zero-order valence-electron chi connectivity index (χ0n) is 20.1. The normalized spacial score (nSPS) is 11.2. The summed E-state index contributed by atoms with van der Waals surface area (Å²) in [6.07, 6.45) is 2.25. The maximum Gasteiger partial charge on any atom is 0.387 e. The second-order valence-electron chi connectivity index (χ2n) is 8.14. The fourth-order valence-corrected chi connectivity index (χ4v) is 4.90. The van der Waals surface area contributed by atoms with Gasteiger partial charge in [0, 0.05) is 24.2 Å². The molecular formula is C25H25ClF2N6O2S. The number of thiazole rings is 1. The Hall–Kier alpha value is -3.54. The highest BCUT2D eigenvalue weighted by Gasteiger charge is 2.23. The molecule has 0 fully saturated rings. The Morgan fingerprint density at radius 1 is 1.24 bits per heavy atom. The average molecular weight is 547 g/mol. The van der Waals surface area contributed by atoms with E-state index in [0.29, 0.717) is 33.0 Å². The number of carbonyl (C=O) groups excluding carboxylic acids is 1. The molecule has 2 aromatic heterocycles. The fourth-order valence-electron chi connectivity index (χ4n) is 3.68. The number of ether oxygens (including phenoxy) is 1. The smallest absolute Gasteiger partial charge is 0.387 e. The first-order chi connectivity index (χ1) is 17.8. The number of anilines is 2. The zero-order valence-corrected chi connectivity index (χ0v) is 21.7. The van der Waals surface area contributed by atoms with Gasteiger partial charge < -0.3 is 15.4 Å². The fraction of sp³-hybridized carbons (Fsp3) is 0.240. The second kappa shape index (κ2) is 12.1. The minimum Gasteiger partial charge on any atom is -0.434 e. The van der Waals surface area contributed by atoms with Crippen LogP contribution < -0.4 is 15.4 Å². The van der Waals surface area contributed by atoms with Gasteiger partial charge in [0.2, 0.25) is 0 Å². The van der Waals surface area contributed by atoms with Gasteiger partial charge in [-0.2, -0.15) is 13.9 Å². The van der Waals surface area contributed by atoms with Crippen LogP contribution in [0.3, 0.4) is 0 Å². The molecule has 37 heavy (non-hydrogen) atoms. The number of halogens is 3. The summed E-state index contributed by atoms with van der Waals surface area (Å²) in [5, 5.41) is 13.7. The molecule has 0 radical (unpaired) electrons. The number of benzene rings is 2. The Kier molecular flexibility index (Phi) is 8.70. The Morgan fingerprint density at radius 3 is 2.76 bits per heavy atom. The van der Waals surface area contributed by atoms with Crippen molar-refractivity contribution in [3.05, 3.63) is 75.9 Å². The number of likely N-dealkylation sites (N-methyl/N-ethyl adjacent to an activating group) is 1. The summed E-state index contributed by atoms with van der Waals surface area (Å²) < 4.78 is 31.0. The number of alkyl halides is 2. The minimum absolute atomic E-state index is 0.0941. The van der Waals surface area contributed by atoms with Crippen LogP contribution in [0.1, 0.15) is 20.9 Å². The molecule has 194 valence electrons. The number of rotatable bonds is 11. The number of H-pyrrole nitrogens is 1. The van der Waals surface area contributed by atoms with Gasteiger partial charge in [0.25, 0.3) is 5.91 Å². The van der Waals surface area contributed by atoms with Gasteiger partial charge in [-0.05, 0) is 37.2 Å². The van der Waals surface area contributed by atoms with Crippen LogP contribution in [0.2, 0.25) is 5.02 Å². The standard InChI is InChI=1S/C25H25ClF2N6O2S/c1-29-22-18(13-30-33-22)23(35)32-24-21(17-12-16(26)8-9-19(17)36-25(27)28)31-20(37-24)14-34(2)11-10-15-6-4-3-5-7-15/h3-9,12-13,25H,10-11,14H2,1-2H3,(H,32,35)(H2,29,30,33). The summed E-state index contributed by atoms with van der Waals surface area (Å²) in [6, 6.07) is 14.4. The minimum atomic E-state index is -3.04. The second-order valence-corrected chi connectivity index (χ2v) is 9.66. The monoisotopic (exact) mass is 546 g/mol. The van der Waals surface area contributed by atoms with Gasteiger partial charge in [-0.3, -0.25) is 14.8 Å². The molecule has 4 aromatic rings. The van der Waals surface area contributed by atoms with Crippen LogP contribution in [0.4, 0.5) is 19.6 Å². The predicted octanol–water partition coefficient (Wildman–Crippen LogP) is 5.76. The summed E-state index contributed by atoms with van der Waals surface area (Å²) in [5.74, 6) is -0.0948. The quantitative estimate of drug-likeness (QED) is 0.221. The van der Waals surface area contributed by atoms with Crippen molar-refractivity contribution in [1.82, 2.24) is 20.1 Å². The summed E-state index contributed by atoms with van der Waals surface area (Å²) >= 11 is 7.44. The first kappa shape index (κ1) is 26.5. The first-order valence-electron chi connectivity index (χ1n) is 11.3. The highest BCUT2D eigenvalue weighted by Crippen LogP contribution is 2.40. The summed E-state index contributed by atoms with van der Waals surface area (Å²) in [5.41, 5.74) is 2.05. The number of amides is 1. The van der Waals surface area contributed by atoms with Crippen molar-refractivity contribution in [3.63, 3.8) is 0 Å². The third-order valence-electron chi connectivity index (χ3n) is 5.48. The largest absolute Gasteiger partial charge is 0.434 e. The van der Waals surface area contributed by atoms with E-state index in [-0.39, 0.29) is 17.0 Å². The van der Waals surface area contributed by atoms with Crippen molar-refractivity contribution in [1.29, 1.82) is 0 Å². The third-order valence-corrected chi connectivity index (χ3v) is 6.67. The van der Waals surface area contributed by atoms with Crippen LogP contribution in [0, 0.1) is 0 Å². The first-order valence-corrected chi connectivity index (χ1v) is 12.5. The van der Waals surface area contributed by atoms with E-state index < -0.39 is 12.5 Å². The van der Waals surface area contributed by atoms with Gasteiger partial charge in [0.15, 0.2) is 0 Å². The zero-order chi connectivity index (χ0) is 26.4. The Morgan fingerprint density at radius 2 is 2.03 bits per heavy atom. The van der Waals surface area contributed by atoms with Crippen LogP contribution in [-0.2, 0) is 13.0 Å². The molecule has 2 aromatic carbocycles. The Balaban J connectivity index is 1.64. The van der Waals surface area contributed by atoms with Gasteiger partial charge in [-0.1, -0.05) is 53.3 Å². The molecule has 0 aliphatic heterocycles. The van der Waals surface area contributed by atoms with Crippen LogP contribution in [0.5, 0.6) is 5.75 Å². The molecule has 0 saturated heterocycles. The van der Waals surface area contributed by atoms with E-state index >= 15 is 0 Å². The number of nitrogens with zero attached hydrogens (tertiary/aromatic N) is 3. The average Bonchev–Trinajstić information content (AvgIpc) is 3.51. The van der Waals surface area contributed by atoms with Gasteiger partial charge in [0.1, 0.15) is 32.8 Å². The van der Waals surface area contributed by atoms with Gasteiger partial charge in [0.05, 0.1) is 12.7 Å². The van der Waals surface area contributed by atoms with Crippen LogP contribution in [0.25, 0.3) is 11.3 Å². The molecule has 0 saturated carbocycles. The molecule has 4 rings (SSSR count). The molecule has 3 N–H and O–H groups in total. The molecule has 0 unspecified atom stereocenters. The molecule has 0 bridgehead atoms. The summed E-state index contributed by atoms with van der Waals surface area (Å²) in [4.78, 5) is 19.8. The van der Waals surface area contributed by atoms with Crippen molar-refractivity contribution < 1.29 is 18.3 Å². The predicted molar refractivity (Wildman–Crippen MR) is 142 cm³/mol. The number of carbonyl (C=O) groups is 1. The highest BCUT2D eigenvalue weighted by atomic mass is 35.5. The topological polar surface area (TPSA) is 95.2 Å². The highest BCUT2D eigenvalue weighted by molar-refractivity contribution is 7.16. The van der Waals surface area contributed by atoms with Crippen LogP contribution in [0.15, 0.2) is 54.7 Å². The number of nitrogens with one attached hydrogen (secondary N) is 3. The van der Waals surface area contributed by atoms with E-state index in [1.807, 2.05) is 25.2 Å². The Labute approximate surface area is 221 Å². The molecule has 0 aliphatic rings. The van der Waals surface area contributed by atoms with Crippen LogP contribution in [-0.4, -0.2) is 53.2 Å². The van der Waals surface area contributed by atoms with Crippen LogP contribution >= 0.6 is 22.9 Å². The molecule has 0 aliphatic carbocycles. The number of hydrogen-bond donors (Lipinski definition) is 3.